The number of ether oxygens (including phenoxy) is 1. The SMILES string of the molecule is COc1ccccc1CC(=O)NCC1(C)CCNCC1. The minimum Gasteiger partial charge on any atom is -0.496 e. The van der Waals surface area contributed by atoms with Crippen molar-refractivity contribution in [1.82, 2.24) is 10.6 Å². The van der Waals surface area contributed by atoms with Crippen LogP contribution < -0.4 is 15.4 Å². The zero-order chi connectivity index (χ0) is 14.4. The molecule has 1 aromatic rings. The molecule has 0 radical (unpaired) electrons. The van der Waals surface area contributed by atoms with E-state index in [9.17, 15) is 4.79 Å². The molecular weight excluding hydrogens is 252 g/mol. The highest BCUT2D eigenvalue weighted by atomic mass is 16.5. The predicted octanol–water partition coefficient (Wildman–Crippen LogP) is 1.74. The Labute approximate surface area is 120 Å². The minimum absolute atomic E-state index is 0.0641. The number of carbonyl (C=O) groups excluding carboxylic acids is 1. The molecule has 0 spiro atoms. The lowest BCUT2D eigenvalue weighted by Crippen LogP contribution is -2.43. The quantitative estimate of drug-likeness (QED) is 0.861. The van der Waals surface area contributed by atoms with Crippen molar-refractivity contribution in [1.29, 1.82) is 0 Å². The molecule has 1 heterocycles. The Morgan fingerprint density at radius 3 is 2.75 bits per heavy atom. The zero-order valence-electron chi connectivity index (χ0n) is 12.4. The Kier molecular flexibility index (Phi) is 5.01. The molecule has 20 heavy (non-hydrogen) atoms. The lowest BCUT2D eigenvalue weighted by atomic mass is 9.81. The fourth-order valence-corrected chi connectivity index (χ4v) is 2.60. The lowest BCUT2D eigenvalue weighted by Gasteiger charge is -2.34. The highest BCUT2D eigenvalue weighted by Gasteiger charge is 2.27. The van der Waals surface area contributed by atoms with E-state index < -0.39 is 0 Å². The van der Waals surface area contributed by atoms with Crippen molar-refractivity contribution < 1.29 is 9.53 Å². The van der Waals surface area contributed by atoms with Gasteiger partial charge in [0.25, 0.3) is 0 Å². The molecule has 2 N–H and O–H groups in total. The number of nitrogens with one attached hydrogen (secondary N) is 2. The van der Waals surface area contributed by atoms with Crippen molar-refractivity contribution in [3.8, 4) is 5.75 Å². The van der Waals surface area contributed by atoms with Crippen molar-refractivity contribution in [3.05, 3.63) is 29.8 Å². The van der Waals surface area contributed by atoms with Crippen molar-refractivity contribution in [2.24, 2.45) is 5.41 Å². The van der Waals surface area contributed by atoms with Gasteiger partial charge in [-0.3, -0.25) is 4.79 Å². The summed E-state index contributed by atoms with van der Waals surface area (Å²) in [7, 11) is 1.63. The first-order chi connectivity index (χ1) is 9.63. The number of benzene rings is 1. The fourth-order valence-electron chi connectivity index (χ4n) is 2.60. The molecule has 0 aliphatic carbocycles. The summed E-state index contributed by atoms with van der Waals surface area (Å²) in [6.07, 6.45) is 2.60. The first-order valence-electron chi connectivity index (χ1n) is 7.22. The average Bonchev–Trinajstić information content (AvgIpc) is 2.47. The molecule has 1 saturated heterocycles. The Morgan fingerprint density at radius 1 is 1.35 bits per heavy atom. The van der Waals surface area contributed by atoms with Crippen LogP contribution in [0.5, 0.6) is 5.75 Å². The number of para-hydroxylation sites is 1. The van der Waals surface area contributed by atoms with E-state index in [1.54, 1.807) is 7.11 Å². The van der Waals surface area contributed by atoms with Gasteiger partial charge in [-0.25, -0.2) is 0 Å². The molecule has 4 nitrogen and oxygen atoms in total. The van der Waals surface area contributed by atoms with E-state index in [0.29, 0.717) is 6.42 Å². The van der Waals surface area contributed by atoms with Crippen LogP contribution in [-0.2, 0) is 11.2 Å². The van der Waals surface area contributed by atoms with Crippen LogP contribution in [0.1, 0.15) is 25.3 Å². The van der Waals surface area contributed by atoms with Crippen LogP contribution in [0.15, 0.2) is 24.3 Å². The molecule has 0 atom stereocenters. The maximum Gasteiger partial charge on any atom is 0.224 e. The maximum absolute atomic E-state index is 12.1. The summed E-state index contributed by atoms with van der Waals surface area (Å²) in [6.45, 7) is 5.08. The van der Waals surface area contributed by atoms with Crippen LogP contribution in [-0.4, -0.2) is 32.7 Å². The summed E-state index contributed by atoms with van der Waals surface area (Å²) < 4.78 is 5.27. The second-order valence-electron chi connectivity index (χ2n) is 5.83. The summed E-state index contributed by atoms with van der Waals surface area (Å²) in [5.74, 6) is 0.838. The first kappa shape index (κ1) is 14.9. The molecule has 1 fully saturated rings. The molecule has 2 rings (SSSR count). The highest BCUT2D eigenvalue weighted by molar-refractivity contribution is 5.79. The molecule has 0 bridgehead atoms. The predicted molar refractivity (Wildman–Crippen MR) is 79.9 cm³/mol. The van der Waals surface area contributed by atoms with Crippen molar-refractivity contribution in [2.75, 3.05) is 26.7 Å². The molecule has 1 amide bonds. The number of hydrogen-bond acceptors (Lipinski definition) is 3. The zero-order valence-corrected chi connectivity index (χ0v) is 12.4. The van der Waals surface area contributed by atoms with Gasteiger partial charge in [0.05, 0.1) is 13.5 Å². The van der Waals surface area contributed by atoms with Gasteiger partial charge in [0.15, 0.2) is 0 Å². The molecule has 110 valence electrons. The van der Waals surface area contributed by atoms with Crippen molar-refractivity contribution in [2.45, 2.75) is 26.2 Å². The number of methoxy groups -OCH3 is 1. The third-order valence-corrected chi connectivity index (χ3v) is 4.07. The smallest absolute Gasteiger partial charge is 0.224 e. The Morgan fingerprint density at radius 2 is 2.05 bits per heavy atom. The number of amides is 1. The van der Waals surface area contributed by atoms with E-state index in [1.807, 2.05) is 24.3 Å². The van der Waals surface area contributed by atoms with Gasteiger partial charge in [-0.05, 0) is 37.4 Å². The third kappa shape index (κ3) is 3.97. The second kappa shape index (κ2) is 6.75. The summed E-state index contributed by atoms with van der Waals surface area (Å²) in [5, 5.41) is 6.42. The molecule has 0 unspecified atom stereocenters. The van der Waals surface area contributed by atoms with Gasteiger partial charge in [0.2, 0.25) is 5.91 Å². The molecular formula is C16H24N2O2. The van der Waals surface area contributed by atoms with Crippen LogP contribution >= 0.6 is 0 Å². The molecule has 0 saturated carbocycles. The number of carbonyl (C=O) groups is 1. The number of piperidine rings is 1. The van der Waals surface area contributed by atoms with Gasteiger partial charge in [-0.2, -0.15) is 0 Å². The molecule has 4 heteroatoms. The minimum atomic E-state index is 0.0641. The van der Waals surface area contributed by atoms with Crippen LogP contribution in [0.2, 0.25) is 0 Å². The average molecular weight is 276 g/mol. The molecule has 1 aromatic carbocycles. The lowest BCUT2D eigenvalue weighted by molar-refractivity contribution is -0.121. The van der Waals surface area contributed by atoms with E-state index in [0.717, 1.165) is 43.8 Å². The monoisotopic (exact) mass is 276 g/mol. The van der Waals surface area contributed by atoms with Crippen LogP contribution in [0.25, 0.3) is 0 Å². The first-order valence-corrected chi connectivity index (χ1v) is 7.22. The maximum atomic E-state index is 12.1. The van der Waals surface area contributed by atoms with E-state index in [-0.39, 0.29) is 11.3 Å². The van der Waals surface area contributed by atoms with Gasteiger partial charge in [0.1, 0.15) is 5.75 Å². The van der Waals surface area contributed by atoms with Crippen molar-refractivity contribution >= 4 is 5.91 Å². The van der Waals surface area contributed by atoms with Crippen LogP contribution in [0, 0.1) is 5.41 Å². The van der Waals surface area contributed by atoms with Crippen molar-refractivity contribution in [3.63, 3.8) is 0 Å². The Bertz CT molecular complexity index is 454. The van der Waals surface area contributed by atoms with E-state index in [1.165, 1.54) is 0 Å². The van der Waals surface area contributed by atoms with Crippen LogP contribution in [0.4, 0.5) is 0 Å². The van der Waals surface area contributed by atoms with Gasteiger partial charge in [0, 0.05) is 12.1 Å². The second-order valence-corrected chi connectivity index (χ2v) is 5.83. The van der Waals surface area contributed by atoms with E-state index >= 15 is 0 Å². The molecule has 0 aromatic heterocycles. The fraction of sp³-hybridized carbons (Fsp3) is 0.562. The summed E-state index contributed by atoms with van der Waals surface area (Å²) in [4.78, 5) is 12.1. The van der Waals surface area contributed by atoms with Crippen LogP contribution in [0.3, 0.4) is 0 Å². The van der Waals surface area contributed by atoms with E-state index in [2.05, 4.69) is 17.6 Å². The van der Waals surface area contributed by atoms with Gasteiger partial charge < -0.3 is 15.4 Å². The topological polar surface area (TPSA) is 50.4 Å². The van der Waals surface area contributed by atoms with Gasteiger partial charge in [-0.1, -0.05) is 25.1 Å². The van der Waals surface area contributed by atoms with E-state index in [4.69, 9.17) is 4.74 Å². The van der Waals surface area contributed by atoms with Gasteiger partial charge in [-0.15, -0.1) is 0 Å². The molecule has 1 aliphatic rings. The third-order valence-electron chi connectivity index (χ3n) is 4.07. The number of rotatable bonds is 5. The number of hydrogen-bond donors (Lipinski definition) is 2. The Balaban J connectivity index is 1.86. The summed E-state index contributed by atoms with van der Waals surface area (Å²) in [6, 6.07) is 7.66. The summed E-state index contributed by atoms with van der Waals surface area (Å²) in [5.41, 5.74) is 1.16. The standard InChI is InChI=1S/C16H24N2O2/c1-16(7-9-17-10-8-16)12-18-15(19)11-13-5-3-4-6-14(13)20-2/h3-6,17H,7-12H2,1-2H3,(H,18,19). The highest BCUT2D eigenvalue weighted by Crippen LogP contribution is 2.26. The Hall–Kier alpha value is -1.55. The molecule has 1 aliphatic heterocycles. The largest absolute Gasteiger partial charge is 0.496 e. The normalized spacial score (nSPS) is 17.5. The van der Waals surface area contributed by atoms with Gasteiger partial charge >= 0.3 is 0 Å². The summed E-state index contributed by atoms with van der Waals surface area (Å²) >= 11 is 0.